The van der Waals surface area contributed by atoms with Gasteiger partial charge in [0.15, 0.2) is 0 Å². The molecule has 0 saturated carbocycles. The highest BCUT2D eigenvalue weighted by molar-refractivity contribution is 5.90. The fourth-order valence-electron chi connectivity index (χ4n) is 3.78. The molecule has 1 aliphatic carbocycles. The summed E-state index contributed by atoms with van der Waals surface area (Å²) in [5.41, 5.74) is 5.10. The van der Waals surface area contributed by atoms with Gasteiger partial charge >= 0.3 is 6.03 Å². The van der Waals surface area contributed by atoms with Gasteiger partial charge in [0.2, 0.25) is 0 Å². The lowest BCUT2D eigenvalue weighted by atomic mass is 9.88. The van der Waals surface area contributed by atoms with E-state index in [-0.39, 0.29) is 18.0 Å². The monoisotopic (exact) mass is 390 g/mol. The van der Waals surface area contributed by atoms with E-state index in [0.29, 0.717) is 18.5 Å². The van der Waals surface area contributed by atoms with Crippen molar-refractivity contribution < 1.29 is 14.3 Å². The number of hydrogen-bond acceptors (Lipinski definition) is 2. The number of anilines is 1. The van der Waals surface area contributed by atoms with E-state index in [1.165, 1.54) is 11.6 Å². The first kappa shape index (κ1) is 19.2. The minimum absolute atomic E-state index is 0.272. The van der Waals surface area contributed by atoms with Gasteiger partial charge < -0.3 is 15.7 Å². The Labute approximate surface area is 169 Å². The number of aryl methyl sites for hydroxylation is 1. The van der Waals surface area contributed by atoms with E-state index in [9.17, 15) is 14.3 Å². The minimum atomic E-state index is -0.366. The first-order valence-corrected chi connectivity index (χ1v) is 9.77. The number of amides is 2. The summed E-state index contributed by atoms with van der Waals surface area (Å²) in [4.78, 5) is 12.4. The predicted molar refractivity (Wildman–Crippen MR) is 112 cm³/mol. The van der Waals surface area contributed by atoms with Crippen LogP contribution in [0.5, 0.6) is 0 Å². The molecule has 29 heavy (non-hydrogen) atoms. The Morgan fingerprint density at radius 1 is 1.07 bits per heavy atom. The number of nitrogens with one attached hydrogen (secondary N) is 2. The maximum Gasteiger partial charge on any atom is 0.319 e. The Balaban J connectivity index is 1.42. The van der Waals surface area contributed by atoms with Gasteiger partial charge in [-0.1, -0.05) is 48.5 Å². The molecule has 0 spiro atoms. The molecule has 5 heteroatoms. The second kappa shape index (κ2) is 8.45. The highest BCUT2D eigenvalue weighted by atomic mass is 19.1. The van der Waals surface area contributed by atoms with Gasteiger partial charge in [0, 0.05) is 24.2 Å². The van der Waals surface area contributed by atoms with E-state index in [4.69, 9.17) is 0 Å². The first-order valence-electron chi connectivity index (χ1n) is 9.77. The number of carbonyl (C=O) groups excluding carboxylic acids is 1. The average Bonchev–Trinajstić information content (AvgIpc) is 2.73. The summed E-state index contributed by atoms with van der Waals surface area (Å²) in [5.74, 6) is -0.272. The zero-order valence-corrected chi connectivity index (χ0v) is 16.0. The molecule has 3 aromatic rings. The van der Waals surface area contributed by atoms with E-state index in [2.05, 4.69) is 10.6 Å². The van der Waals surface area contributed by atoms with Gasteiger partial charge in [0.25, 0.3) is 0 Å². The summed E-state index contributed by atoms with van der Waals surface area (Å²) >= 11 is 0. The zero-order valence-electron chi connectivity index (χ0n) is 16.0. The van der Waals surface area contributed by atoms with Crippen LogP contribution in [0.3, 0.4) is 0 Å². The molecule has 4 nitrogen and oxygen atoms in total. The second-order valence-electron chi connectivity index (χ2n) is 7.33. The Morgan fingerprint density at radius 2 is 1.90 bits per heavy atom. The molecule has 2 amide bonds. The van der Waals surface area contributed by atoms with E-state index in [0.717, 1.165) is 35.2 Å². The summed E-state index contributed by atoms with van der Waals surface area (Å²) in [6.45, 7) is 0.325. The molecule has 3 N–H and O–H groups in total. The lowest BCUT2D eigenvalue weighted by molar-refractivity contribution is 0.159. The zero-order chi connectivity index (χ0) is 20.2. The molecule has 3 aromatic carbocycles. The summed E-state index contributed by atoms with van der Waals surface area (Å²) in [7, 11) is 0. The fourth-order valence-corrected chi connectivity index (χ4v) is 3.78. The Bertz CT molecular complexity index is 1030. The molecule has 1 aliphatic rings. The van der Waals surface area contributed by atoms with Gasteiger partial charge in [-0.2, -0.15) is 0 Å². The van der Waals surface area contributed by atoms with Crippen LogP contribution in [0.1, 0.15) is 23.1 Å². The number of benzene rings is 3. The molecule has 148 valence electrons. The Hall–Kier alpha value is -3.18. The van der Waals surface area contributed by atoms with Gasteiger partial charge in [-0.25, -0.2) is 9.18 Å². The summed E-state index contributed by atoms with van der Waals surface area (Å²) < 4.78 is 14.0. The largest absolute Gasteiger partial charge is 0.393 e. The molecule has 0 fully saturated rings. The molecular formula is C24H23FN2O2. The number of fused-ring (bicyclic) bond motifs is 1. The third kappa shape index (κ3) is 4.46. The standard InChI is InChI=1S/C24H23FN2O2/c25-22-9-2-1-8-20(22)18-7-3-5-16(13-18)15-26-24(29)27-23-10-4-6-17-11-12-19(28)14-21(17)23/h1-10,13,19,28H,11-12,14-15H2,(H2,26,27,29). The number of hydrogen-bond donors (Lipinski definition) is 3. The van der Waals surface area contributed by atoms with E-state index in [1.54, 1.807) is 18.2 Å². The summed E-state index contributed by atoms with van der Waals surface area (Å²) in [5, 5.41) is 15.7. The van der Waals surface area contributed by atoms with Gasteiger partial charge in [-0.3, -0.25) is 0 Å². The minimum Gasteiger partial charge on any atom is -0.393 e. The van der Waals surface area contributed by atoms with Gasteiger partial charge in [0.05, 0.1) is 6.10 Å². The van der Waals surface area contributed by atoms with Crippen LogP contribution in [0.4, 0.5) is 14.9 Å². The topological polar surface area (TPSA) is 61.4 Å². The lowest BCUT2D eigenvalue weighted by Gasteiger charge is -2.23. The van der Waals surface area contributed by atoms with Crippen LogP contribution < -0.4 is 10.6 Å². The number of rotatable bonds is 4. The molecule has 4 rings (SSSR count). The van der Waals surface area contributed by atoms with Crippen molar-refractivity contribution in [2.24, 2.45) is 0 Å². The molecule has 0 aliphatic heterocycles. The maximum atomic E-state index is 14.0. The smallest absolute Gasteiger partial charge is 0.319 e. The quantitative estimate of drug-likeness (QED) is 0.607. The third-order valence-electron chi connectivity index (χ3n) is 5.27. The molecule has 0 aromatic heterocycles. The van der Waals surface area contributed by atoms with Crippen LogP contribution >= 0.6 is 0 Å². The van der Waals surface area contributed by atoms with E-state index < -0.39 is 0 Å². The first-order chi connectivity index (χ1) is 14.1. The molecular weight excluding hydrogens is 367 g/mol. The summed E-state index contributed by atoms with van der Waals surface area (Å²) in [6.07, 6.45) is 1.75. The molecule has 1 atom stereocenters. The maximum absolute atomic E-state index is 14.0. The van der Waals surface area contributed by atoms with Crippen molar-refractivity contribution in [3.63, 3.8) is 0 Å². The van der Waals surface area contributed by atoms with Crippen molar-refractivity contribution in [1.29, 1.82) is 0 Å². The predicted octanol–water partition coefficient (Wildman–Crippen LogP) is 4.66. The van der Waals surface area contributed by atoms with Crippen LogP contribution in [0.25, 0.3) is 11.1 Å². The van der Waals surface area contributed by atoms with Crippen molar-refractivity contribution in [1.82, 2.24) is 5.32 Å². The highest BCUT2D eigenvalue weighted by Gasteiger charge is 2.19. The second-order valence-corrected chi connectivity index (χ2v) is 7.33. The number of aliphatic hydroxyl groups excluding tert-OH is 1. The summed E-state index contributed by atoms with van der Waals surface area (Å²) in [6, 6.07) is 19.6. The van der Waals surface area contributed by atoms with Crippen molar-refractivity contribution in [2.75, 3.05) is 5.32 Å². The molecule has 0 radical (unpaired) electrons. The normalized spacial score (nSPS) is 15.4. The van der Waals surface area contributed by atoms with Gasteiger partial charge in [-0.05, 0) is 53.3 Å². The SMILES string of the molecule is O=C(NCc1cccc(-c2ccccc2F)c1)Nc1cccc2c1CC(O)CC2. The van der Waals surface area contributed by atoms with E-state index in [1.807, 2.05) is 42.5 Å². The molecule has 0 saturated heterocycles. The Kier molecular flexibility index (Phi) is 5.58. The molecule has 0 heterocycles. The number of carbonyl (C=O) groups is 1. The van der Waals surface area contributed by atoms with Crippen molar-refractivity contribution >= 4 is 11.7 Å². The van der Waals surface area contributed by atoms with E-state index >= 15 is 0 Å². The third-order valence-corrected chi connectivity index (χ3v) is 5.27. The van der Waals surface area contributed by atoms with Crippen LogP contribution in [0.2, 0.25) is 0 Å². The Morgan fingerprint density at radius 3 is 2.76 bits per heavy atom. The lowest BCUT2D eigenvalue weighted by Crippen LogP contribution is -2.29. The highest BCUT2D eigenvalue weighted by Crippen LogP contribution is 2.28. The van der Waals surface area contributed by atoms with Crippen LogP contribution in [0.15, 0.2) is 66.7 Å². The van der Waals surface area contributed by atoms with Crippen molar-refractivity contribution in [3.05, 3.63) is 89.2 Å². The average molecular weight is 390 g/mol. The van der Waals surface area contributed by atoms with Gasteiger partial charge in [-0.15, -0.1) is 0 Å². The fraction of sp³-hybridized carbons (Fsp3) is 0.208. The molecule has 0 bridgehead atoms. The number of aliphatic hydroxyl groups is 1. The number of halogens is 1. The number of urea groups is 1. The van der Waals surface area contributed by atoms with Gasteiger partial charge in [0.1, 0.15) is 5.82 Å². The molecule has 1 unspecified atom stereocenters. The van der Waals surface area contributed by atoms with Crippen molar-refractivity contribution in [2.45, 2.75) is 31.9 Å². The van der Waals surface area contributed by atoms with Crippen LogP contribution in [-0.4, -0.2) is 17.2 Å². The van der Waals surface area contributed by atoms with Crippen LogP contribution in [0, 0.1) is 5.82 Å². The van der Waals surface area contributed by atoms with Crippen LogP contribution in [-0.2, 0) is 19.4 Å². The van der Waals surface area contributed by atoms with Crippen molar-refractivity contribution in [3.8, 4) is 11.1 Å².